The smallest absolute Gasteiger partial charge is 0.0591 e. The fourth-order valence-electron chi connectivity index (χ4n) is 1.32. The van der Waals surface area contributed by atoms with E-state index in [1.807, 2.05) is 0 Å². The van der Waals surface area contributed by atoms with Gasteiger partial charge in [0.15, 0.2) is 0 Å². The molecule has 0 unspecified atom stereocenters. The maximum atomic E-state index is 7.00. The molecule has 0 aromatic carbocycles. The van der Waals surface area contributed by atoms with Gasteiger partial charge in [-0.15, -0.1) is 0 Å². The highest BCUT2D eigenvalue weighted by Gasteiger charge is 1.94. The highest BCUT2D eigenvalue weighted by molar-refractivity contribution is 4.55. The van der Waals surface area contributed by atoms with Gasteiger partial charge in [-0.05, 0) is 25.9 Å². The van der Waals surface area contributed by atoms with Gasteiger partial charge in [0.1, 0.15) is 0 Å². The van der Waals surface area contributed by atoms with Gasteiger partial charge in [0, 0.05) is 20.2 Å². The molecule has 94 valence electrons. The number of piperidine rings is 1. The monoisotopic (exact) mass is 220 g/mol. The minimum Gasteiger partial charge on any atom is -0.400 e. The fraction of sp³-hybridized carbons (Fsp3) is 1.00. The summed E-state index contributed by atoms with van der Waals surface area (Å²) in [6.45, 7) is 6.33. The van der Waals surface area contributed by atoms with Crippen LogP contribution in [0.5, 0.6) is 0 Å². The van der Waals surface area contributed by atoms with Crippen LogP contribution >= 0.6 is 0 Å². The minimum absolute atomic E-state index is 0. The van der Waals surface area contributed by atoms with Crippen molar-refractivity contribution in [3.05, 3.63) is 0 Å². The molecule has 2 heterocycles. The van der Waals surface area contributed by atoms with Crippen LogP contribution in [-0.2, 0) is 4.74 Å². The van der Waals surface area contributed by atoms with Crippen LogP contribution in [0.3, 0.4) is 0 Å². The largest absolute Gasteiger partial charge is 0.400 e. The van der Waals surface area contributed by atoms with Crippen LogP contribution in [0, 0.1) is 0 Å². The first-order valence-electron chi connectivity index (χ1n) is 5.44. The molecule has 0 aromatic rings. The van der Waals surface area contributed by atoms with Crippen molar-refractivity contribution in [1.82, 2.24) is 10.6 Å². The first-order valence-corrected chi connectivity index (χ1v) is 5.44. The predicted octanol–water partition coefficient (Wildman–Crippen LogP) is 0.611. The SMILES string of the molecule is C.C1CCNCC1.C1COCCN1.CO. The van der Waals surface area contributed by atoms with E-state index in [0.29, 0.717) is 0 Å². The second-order valence-electron chi connectivity index (χ2n) is 3.17. The Kier molecular flexibility index (Phi) is 18.7. The summed E-state index contributed by atoms with van der Waals surface area (Å²) in [5.74, 6) is 0. The van der Waals surface area contributed by atoms with Gasteiger partial charge >= 0.3 is 0 Å². The Morgan fingerprint density at radius 2 is 1.27 bits per heavy atom. The van der Waals surface area contributed by atoms with Crippen LogP contribution in [0.2, 0.25) is 0 Å². The lowest BCUT2D eigenvalue weighted by Gasteiger charge is -2.10. The summed E-state index contributed by atoms with van der Waals surface area (Å²) in [4.78, 5) is 0. The molecule has 2 fully saturated rings. The zero-order valence-corrected chi connectivity index (χ0v) is 9.22. The zero-order valence-electron chi connectivity index (χ0n) is 9.22. The summed E-state index contributed by atoms with van der Waals surface area (Å²) in [5.41, 5.74) is 0. The van der Waals surface area contributed by atoms with E-state index in [0.717, 1.165) is 33.4 Å². The second-order valence-corrected chi connectivity index (χ2v) is 3.17. The zero-order chi connectivity index (χ0) is 10.5. The number of aliphatic hydroxyl groups excluding tert-OH is 1. The van der Waals surface area contributed by atoms with Gasteiger partial charge in [0.2, 0.25) is 0 Å². The molecule has 0 aliphatic carbocycles. The normalized spacial score (nSPS) is 19.6. The van der Waals surface area contributed by atoms with E-state index in [2.05, 4.69) is 10.6 Å². The number of ether oxygens (including phenoxy) is 1. The van der Waals surface area contributed by atoms with Crippen molar-refractivity contribution in [3.8, 4) is 0 Å². The number of hydrogen-bond donors (Lipinski definition) is 3. The molecule has 3 N–H and O–H groups in total. The molecule has 0 radical (unpaired) electrons. The summed E-state index contributed by atoms with van der Waals surface area (Å²) >= 11 is 0. The number of rotatable bonds is 0. The van der Waals surface area contributed by atoms with Crippen molar-refractivity contribution in [1.29, 1.82) is 0 Å². The molecule has 2 rings (SSSR count). The molecular formula is C11H28N2O2. The van der Waals surface area contributed by atoms with Crippen LogP contribution in [-0.4, -0.2) is 51.6 Å². The Morgan fingerprint density at radius 3 is 1.40 bits per heavy atom. The first-order chi connectivity index (χ1) is 7.00. The van der Waals surface area contributed by atoms with Crippen molar-refractivity contribution in [2.45, 2.75) is 26.7 Å². The topological polar surface area (TPSA) is 53.5 Å². The van der Waals surface area contributed by atoms with Crippen LogP contribution in [0.25, 0.3) is 0 Å². The van der Waals surface area contributed by atoms with Crippen LogP contribution in [0.1, 0.15) is 26.7 Å². The Morgan fingerprint density at radius 1 is 0.800 bits per heavy atom. The van der Waals surface area contributed by atoms with Crippen molar-refractivity contribution < 1.29 is 9.84 Å². The lowest BCUT2D eigenvalue weighted by molar-refractivity contribution is 0.109. The van der Waals surface area contributed by atoms with E-state index >= 15 is 0 Å². The molecule has 0 aromatic heterocycles. The van der Waals surface area contributed by atoms with E-state index in [1.54, 1.807) is 0 Å². The average Bonchev–Trinajstić information content (AvgIpc) is 2.37. The van der Waals surface area contributed by atoms with Crippen LogP contribution in [0.4, 0.5) is 0 Å². The molecule has 4 nitrogen and oxygen atoms in total. The van der Waals surface area contributed by atoms with Crippen molar-refractivity contribution in [2.24, 2.45) is 0 Å². The van der Waals surface area contributed by atoms with E-state index in [9.17, 15) is 0 Å². The summed E-state index contributed by atoms with van der Waals surface area (Å²) in [7, 11) is 1.00. The van der Waals surface area contributed by atoms with Crippen LogP contribution < -0.4 is 10.6 Å². The molecule has 0 saturated carbocycles. The van der Waals surface area contributed by atoms with Gasteiger partial charge in [0.25, 0.3) is 0 Å². The summed E-state index contributed by atoms with van der Waals surface area (Å²) in [5, 5.41) is 13.4. The molecule has 4 heteroatoms. The molecular weight excluding hydrogens is 192 g/mol. The standard InChI is InChI=1S/C5H11N.C4H9NO.CH4O.CH4/c1-2-4-6-5-3-1;1-3-6-4-2-5-1;1-2;/h6H,1-5H2;5H,1-4H2;2H,1H3;1H4. The van der Waals surface area contributed by atoms with E-state index in [1.165, 1.54) is 32.4 Å². The van der Waals surface area contributed by atoms with Gasteiger partial charge in [-0.3, -0.25) is 0 Å². The Balaban J connectivity index is 0. The predicted molar refractivity (Wildman–Crippen MR) is 65.3 cm³/mol. The first kappa shape index (κ1) is 17.2. The lowest BCUT2D eigenvalue weighted by Crippen LogP contribution is -2.30. The Bertz CT molecular complexity index is 59.6. The highest BCUT2D eigenvalue weighted by atomic mass is 16.5. The maximum absolute atomic E-state index is 7.00. The average molecular weight is 220 g/mol. The highest BCUT2D eigenvalue weighted by Crippen LogP contribution is 1.96. The quantitative estimate of drug-likeness (QED) is 0.560. The molecule has 15 heavy (non-hydrogen) atoms. The Labute approximate surface area is 94.4 Å². The summed E-state index contributed by atoms with van der Waals surface area (Å²) in [6, 6.07) is 0. The third kappa shape index (κ3) is 13.8. The van der Waals surface area contributed by atoms with Crippen molar-refractivity contribution in [3.63, 3.8) is 0 Å². The molecule has 2 aliphatic heterocycles. The molecule has 0 bridgehead atoms. The van der Waals surface area contributed by atoms with E-state index < -0.39 is 0 Å². The number of morpholine rings is 1. The molecule has 2 saturated heterocycles. The van der Waals surface area contributed by atoms with Crippen molar-refractivity contribution >= 4 is 0 Å². The van der Waals surface area contributed by atoms with Gasteiger partial charge in [-0.2, -0.15) is 0 Å². The van der Waals surface area contributed by atoms with Crippen LogP contribution in [0.15, 0.2) is 0 Å². The Hall–Kier alpha value is -0.160. The number of nitrogens with one attached hydrogen (secondary N) is 2. The van der Waals surface area contributed by atoms with E-state index in [-0.39, 0.29) is 7.43 Å². The molecule has 0 amide bonds. The third-order valence-electron chi connectivity index (χ3n) is 2.05. The minimum atomic E-state index is 0. The van der Waals surface area contributed by atoms with Gasteiger partial charge in [-0.1, -0.05) is 13.8 Å². The lowest BCUT2D eigenvalue weighted by atomic mass is 10.2. The molecule has 0 spiro atoms. The fourth-order valence-corrected chi connectivity index (χ4v) is 1.32. The van der Waals surface area contributed by atoms with Gasteiger partial charge < -0.3 is 20.5 Å². The molecule has 2 aliphatic rings. The summed E-state index contributed by atoms with van der Waals surface area (Å²) in [6.07, 6.45) is 4.22. The van der Waals surface area contributed by atoms with E-state index in [4.69, 9.17) is 9.84 Å². The van der Waals surface area contributed by atoms with Gasteiger partial charge in [0.05, 0.1) is 13.2 Å². The van der Waals surface area contributed by atoms with Gasteiger partial charge in [-0.25, -0.2) is 0 Å². The third-order valence-corrected chi connectivity index (χ3v) is 2.05. The number of aliphatic hydroxyl groups is 1. The molecule has 0 atom stereocenters. The number of hydrogen-bond acceptors (Lipinski definition) is 4. The maximum Gasteiger partial charge on any atom is 0.0591 e. The van der Waals surface area contributed by atoms with Crippen molar-refractivity contribution in [2.75, 3.05) is 46.5 Å². The summed E-state index contributed by atoms with van der Waals surface area (Å²) < 4.78 is 5.01. The second kappa shape index (κ2) is 16.3.